The first-order valence-corrected chi connectivity index (χ1v) is 8.61. The number of halogens is 1. The van der Waals surface area contributed by atoms with Gasteiger partial charge < -0.3 is 9.64 Å². The summed E-state index contributed by atoms with van der Waals surface area (Å²) in [5.41, 5.74) is 0.715. The molecule has 1 amide bonds. The van der Waals surface area contributed by atoms with Crippen LogP contribution in [0.2, 0.25) is 0 Å². The van der Waals surface area contributed by atoms with Crippen LogP contribution in [0.4, 0.5) is 4.39 Å². The molecule has 0 unspecified atom stereocenters. The lowest BCUT2D eigenvalue weighted by Gasteiger charge is -2.32. The Labute approximate surface area is 150 Å². The van der Waals surface area contributed by atoms with Gasteiger partial charge in [-0.3, -0.25) is 14.5 Å². The molecule has 1 fully saturated rings. The van der Waals surface area contributed by atoms with Crippen molar-refractivity contribution in [3.05, 3.63) is 60.4 Å². The third kappa shape index (κ3) is 3.57. The fourth-order valence-electron chi connectivity index (χ4n) is 3.16. The predicted octanol–water partition coefficient (Wildman–Crippen LogP) is 2.56. The molecule has 0 aliphatic carbocycles. The predicted molar refractivity (Wildman–Crippen MR) is 93.8 cm³/mol. The molecule has 1 saturated heterocycles. The van der Waals surface area contributed by atoms with Gasteiger partial charge >= 0.3 is 0 Å². The summed E-state index contributed by atoms with van der Waals surface area (Å²) in [6, 6.07) is 8.27. The van der Waals surface area contributed by atoms with E-state index in [1.165, 1.54) is 12.1 Å². The van der Waals surface area contributed by atoms with Gasteiger partial charge in [0.15, 0.2) is 0 Å². The van der Waals surface area contributed by atoms with Crippen LogP contribution in [0.25, 0.3) is 10.8 Å². The summed E-state index contributed by atoms with van der Waals surface area (Å²) in [4.78, 5) is 18.7. The molecule has 7 heteroatoms. The fourth-order valence-corrected chi connectivity index (χ4v) is 3.16. The second-order valence-electron chi connectivity index (χ2n) is 6.32. The SMILES string of the molecule is O=C(CCn1cccn1)N1CCO[C@H](c2cc3cc(F)ccc3cn2)C1. The molecule has 0 N–H and O–H groups in total. The van der Waals surface area contributed by atoms with Crippen LogP contribution in [0.5, 0.6) is 0 Å². The van der Waals surface area contributed by atoms with E-state index in [-0.39, 0.29) is 17.8 Å². The van der Waals surface area contributed by atoms with Crippen LogP contribution >= 0.6 is 0 Å². The van der Waals surface area contributed by atoms with Gasteiger partial charge in [0.05, 0.1) is 18.8 Å². The summed E-state index contributed by atoms with van der Waals surface area (Å²) < 4.78 is 21.0. The van der Waals surface area contributed by atoms with Gasteiger partial charge in [-0.05, 0) is 35.7 Å². The quantitative estimate of drug-likeness (QED) is 0.722. The lowest BCUT2D eigenvalue weighted by Crippen LogP contribution is -2.42. The summed E-state index contributed by atoms with van der Waals surface area (Å²) in [6.07, 6.45) is 5.35. The lowest BCUT2D eigenvalue weighted by atomic mass is 10.1. The molecule has 0 bridgehead atoms. The maximum atomic E-state index is 13.5. The van der Waals surface area contributed by atoms with E-state index in [0.717, 1.165) is 10.8 Å². The van der Waals surface area contributed by atoms with Crippen LogP contribution in [-0.2, 0) is 16.1 Å². The number of benzene rings is 1. The van der Waals surface area contributed by atoms with Crippen molar-refractivity contribution in [1.82, 2.24) is 19.7 Å². The summed E-state index contributed by atoms with van der Waals surface area (Å²) in [7, 11) is 0. The number of morpholine rings is 1. The summed E-state index contributed by atoms with van der Waals surface area (Å²) in [6.45, 7) is 2.03. The summed E-state index contributed by atoms with van der Waals surface area (Å²) in [5.74, 6) is -0.213. The van der Waals surface area contributed by atoms with Crippen molar-refractivity contribution in [3.8, 4) is 0 Å². The Balaban J connectivity index is 1.45. The summed E-state index contributed by atoms with van der Waals surface area (Å²) >= 11 is 0. The molecule has 0 spiro atoms. The normalized spacial score (nSPS) is 17.6. The third-order valence-electron chi connectivity index (χ3n) is 4.57. The molecule has 26 heavy (non-hydrogen) atoms. The minimum atomic E-state index is -0.301. The van der Waals surface area contributed by atoms with Crippen LogP contribution < -0.4 is 0 Å². The molecule has 2 aromatic heterocycles. The number of amides is 1. The molecule has 1 aliphatic rings. The van der Waals surface area contributed by atoms with Gasteiger partial charge in [-0.1, -0.05) is 0 Å². The standard InChI is InChI=1S/C19H19FN4O2/c20-16-3-2-14-12-21-17(11-15(14)10-16)18-13-23(8-9-26-18)19(25)4-7-24-6-1-5-22-24/h1-3,5-6,10-12,18H,4,7-9,13H2/t18-/m0/s1. The number of carbonyl (C=O) groups is 1. The summed E-state index contributed by atoms with van der Waals surface area (Å²) in [5, 5.41) is 5.76. The Kier molecular flexibility index (Phi) is 4.62. The molecule has 6 nitrogen and oxygen atoms in total. The smallest absolute Gasteiger partial charge is 0.224 e. The van der Waals surface area contributed by atoms with Crippen molar-refractivity contribution < 1.29 is 13.9 Å². The zero-order chi connectivity index (χ0) is 17.9. The number of pyridine rings is 1. The van der Waals surface area contributed by atoms with Gasteiger partial charge in [-0.25, -0.2) is 4.39 Å². The van der Waals surface area contributed by atoms with E-state index < -0.39 is 0 Å². The Morgan fingerprint density at radius 2 is 2.23 bits per heavy atom. The highest BCUT2D eigenvalue weighted by Crippen LogP contribution is 2.24. The van der Waals surface area contributed by atoms with Gasteiger partial charge in [-0.2, -0.15) is 5.10 Å². The Bertz CT molecular complexity index is 913. The first kappa shape index (κ1) is 16.7. The van der Waals surface area contributed by atoms with E-state index in [1.54, 1.807) is 28.0 Å². The van der Waals surface area contributed by atoms with Gasteiger partial charge in [0.25, 0.3) is 0 Å². The van der Waals surface area contributed by atoms with Gasteiger partial charge in [-0.15, -0.1) is 0 Å². The number of aromatic nitrogens is 3. The van der Waals surface area contributed by atoms with E-state index in [2.05, 4.69) is 10.1 Å². The molecular weight excluding hydrogens is 335 g/mol. The molecule has 1 aromatic carbocycles. The average molecular weight is 354 g/mol. The highest BCUT2D eigenvalue weighted by Gasteiger charge is 2.26. The van der Waals surface area contributed by atoms with Crippen molar-refractivity contribution in [3.63, 3.8) is 0 Å². The molecule has 1 atom stereocenters. The first-order chi connectivity index (χ1) is 12.7. The van der Waals surface area contributed by atoms with Crippen LogP contribution in [0.15, 0.2) is 48.9 Å². The number of nitrogens with zero attached hydrogens (tertiary/aromatic N) is 4. The van der Waals surface area contributed by atoms with E-state index >= 15 is 0 Å². The van der Waals surface area contributed by atoms with E-state index in [1.807, 2.05) is 18.3 Å². The van der Waals surface area contributed by atoms with Crippen molar-refractivity contribution in [2.24, 2.45) is 0 Å². The molecular formula is C19H19FN4O2. The number of fused-ring (bicyclic) bond motifs is 1. The van der Waals surface area contributed by atoms with Crippen molar-refractivity contribution in [1.29, 1.82) is 0 Å². The number of aryl methyl sites for hydroxylation is 1. The highest BCUT2D eigenvalue weighted by atomic mass is 19.1. The minimum Gasteiger partial charge on any atom is -0.368 e. The third-order valence-corrected chi connectivity index (χ3v) is 4.57. The molecule has 0 saturated carbocycles. The number of ether oxygens (including phenoxy) is 1. The van der Waals surface area contributed by atoms with Crippen molar-refractivity contribution in [2.75, 3.05) is 19.7 Å². The van der Waals surface area contributed by atoms with E-state index in [9.17, 15) is 9.18 Å². The highest BCUT2D eigenvalue weighted by molar-refractivity contribution is 5.82. The second-order valence-corrected chi connectivity index (χ2v) is 6.32. The van der Waals surface area contributed by atoms with Crippen LogP contribution in [0, 0.1) is 5.82 Å². The Morgan fingerprint density at radius 1 is 1.31 bits per heavy atom. The molecule has 3 heterocycles. The largest absolute Gasteiger partial charge is 0.368 e. The minimum absolute atomic E-state index is 0.0700. The van der Waals surface area contributed by atoms with Crippen LogP contribution in [-0.4, -0.2) is 45.3 Å². The van der Waals surface area contributed by atoms with Gasteiger partial charge in [0.2, 0.25) is 5.91 Å². The molecule has 3 aromatic rings. The van der Waals surface area contributed by atoms with Crippen LogP contribution in [0.3, 0.4) is 0 Å². The monoisotopic (exact) mass is 354 g/mol. The molecule has 1 aliphatic heterocycles. The number of hydrogen-bond donors (Lipinski definition) is 0. The van der Waals surface area contributed by atoms with Gasteiger partial charge in [0, 0.05) is 43.5 Å². The number of carbonyl (C=O) groups excluding carboxylic acids is 1. The zero-order valence-electron chi connectivity index (χ0n) is 14.2. The van der Waals surface area contributed by atoms with Crippen LogP contribution in [0.1, 0.15) is 18.2 Å². The second kappa shape index (κ2) is 7.21. The van der Waals surface area contributed by atoms with Crippen molar-refractivity contribution in [2.45, 2.75) is 19.1 Å². The maximum Gasteiger partial charge on any atom is 0.224 e. The Hall–Kier alpha value is -2.80. The van der Waals surface area contributed by atoms with E-state index in [4.69, 9.17) is 4.74 Å². The number of rotatable bonds is 4. The number of hydrogen-bond acceptors (Lipinski definition) is 4. The molecule has 0 radical (unpaired) electrons. The fraction of sp³-hybridized carbons (Fsp3) is 0.316. The first-order valence-electron chi connectivity index (χ1n) is 8.61. The zero-order valence-corrected chi connectivity index (χ0v) is 14.2. The molecule has 4 rings (SSSR count). The average Bonchev–Trinajstić information content (AvgIpc) is 3.19. The lowest BCUT2D eigenvalue weighted by molar-refractivity contribution is -0.139. The van der Waals surface area contributed by atoms with Gasteiger partial charge in [0.1, 0.15) is 11.9 Å². The topological polar surface area (TPSA) is 60.2 Å². The Morgan fingerprint density at radius 3 is 3.08 bits per heavy atom. The van der Waals surface area contributed by atoms with Crippen molar-refractivity contribution >= 4 is 16.7 Å². The maximum absolute atomic E-state index is 13.5. The van der Waals surface area contributed by atoms with E-state index in [0.29, 0.717) is 38.4 Å². The molecule has 134 valence electrons.